The third kappa shape index (κ3) is 2.66. The van der Waals surface area contributed by atoms with E-state index < -0.39 is 0 Å². The van der Waals surface area contributed by atoms with Crippen LogP contribution in [0.2, 0.25) is 0 Å². The van der Waals surface area contributed by atoms with Gasteiger partial charge in [0.2, 0.25) is 0 Å². The molecule has 0 fully saturated rings. The summed E-state index contributed by atoms with van der Waals surface area (Å²) in [6.07, 6.45) is 0.502. The van der Waals surface area contributed by atoms with Gasteiger partial charge in [-0.3, -0.25) is 4.79 Å². The molecule has 1 aromatic rings. The Morgan fingerprint density at radius 3 is 2.50 bits per heavy atom. The largest absolute Gasteiger partial charge is 0.287 e. The molecule has 0 N–H and O–H groups in total. The molecule has 0 aromatic heterocycles. The number of hydrogen-bond donors (Lipinski definition) is 0. The summed E-state index contributed by atoms with van der Waals surface area (Å²) in [6.45, 7) is 1.80. The second kappa shape index (κ2) is 4.26. The number of thioether (sulfide) groups is 1. The molecule has 12 heavy (non-hydrogen) atoms. The molecule has 0 saturated carbocycles. The smallest absolute Gasteiger partial charge is 0.193 e. The Labute approximate surface area is 75.0 Å². The van der Waals surface area contributed by atoms with Crippen molar-refractivity contribution in [1.29, 1.82) is 0 Å². The van der Waals surface area contributed by atoms with E-state index in [0.717, 1.165) is 16.7 Å². The maximum atomic E-state index is 12.4. The van der Waals surface area contributed by atoms with Crippen LogP contribution in [-0.4, -0.2) is 5.12 Å². The molecule has 0 aliphatic heterocycles. The zero-order chi connectivity index (χ0) is 8.97. The minimum Gasteiger partial charge on any atom is -0.287 e. The van der Waals surface area contributed by atoms with Crippen LogP contribution in [0.15, 0.2) is 29.2 Å². The molecule has 3 heteroatoms. The number of halogens is 1. The van der Waals surface area contributed by atoms with Crippen LogP contribution in [0.5, 0.6) is 0 Å². The summed E-state index contributed by atoms with van der Waals surface area (Å²) < 4.78 is 12.4. The topological polar surface area (TPSA) is 17.1 Å². The fraction of sp³-hybridized carbons (Fsp3) is 0.222. The first-order valence-electron chi connectivity index (χ1n) is 3.68. The first kappa shape index (κ1) is 9.26. The molecule has 0 bridgehead atoms. The van der Waals surface area contributed by atoms with Crippen LogP contribution >= 0.6 is 11.8 Å². The lowest BCUT2D eigenvalue weighted by molar-refractivity contribution is -0.110. The SMILES string of the molecule is CCC(=O)Sc1ccc(F)cc1. The van der Waals surface area contributed by atoms with E-state index in [2.05, 4.69) is 0 Å². The second-order valence-corrected chi connectivity index (χ2v) is 3.41. The summed E-state index contributed by atoms with van der Waals surface area (Å²) in [5, 5.41) is 0.0987. The van der Waals surface area contributed by atoms with Crippen molar-refractivity contribution >= 4 is 16.9 Å². The van der Waals surface area contributed by atoms with Crippen molar-refractivity contribution in [3.05, 3.63) is 30.1 Å². The number of carbonyl (C=O) groups excluding carboxylic acids is 1. The van der Waals surface area contributed by atoms with Crippen molar-refractivity contribution < 1.29 is 9.18 Å². The van der Waals surface area contributed by atoms with Gasteiger partial charge in [0.05, 0.1) is 0 Å². The summed E-state index contributed by atoms with van der Waals surface area (Å²) in [5.41, 5.74) is 0. The highest BCUT2D eigenvalue weighted by Crippen LogP contribution is 2.19. The van der Waals surface area contributed by atoms with E-state index in [0.29, 0.717) is 6.42 Å². The predicted octanol–water partition coefficient (Wildman–Crippen LogP) is 2.85. The van der Waals surface area contributed by atoms with Crippen LogP contribution in [0.4, 0.5) is 4.39 Å². The highest BCUT2D eigenvalue weighted by molar-refractivity contribution is 8.13. The number of carbonyl (C=O) groups is 1. The lowest BCUT2D eigenvalue weighted by Crippen LogP contribution is -1.86. The van der Waals surface area contributed by atoms with Gasteiger partial charge in [-0.1, -0.05) is 18.7 Å². The van der Waals surface area contributed by atoms with Crippen LogP contribution in [0, 0.1) is 5.82 Å². The zero-order valence-electron chi connectivity index (χ0n) is 6.71. The Kier molecular flexibility index (Phi) is 3.29. The maximum Gasteiger partial charge on any atom is 0.193 e. The van der Waals surface area contributed by atoms with Gasteiger partial charge in [-0.2, -0.15) is 0 Å². The number of benzene rings is 1. The van der Waals surface area contributed by atoms with E-state index in [4.69, 9.17) is 0 Å². The lowest BCUT2D eigenvalue weighted by atomic mass is 10.4. The van der Waals surface area contributed by atoms with Crippen molar-refractivity contribution in [3.63, 3.8) is 0 Å². The summed E-state index contributed by atoms with van der Waals surface area (Å²) in [6, 6.07) is 5.91. The highest BCUT2D eigenvalue weighted by Gasteiger charge is 2.00. The van der Waals surface area contributed by atoms with Crippen LogP contribution in [0.25, 0.3) is 0 Å². The molecule has 1 nitrogen and oxygen atoms in total. The fourth-order valence-electron chi connectivity index (χ4n) is 0.706. The average Bonchev–Trinajstić information content (AvgIpc) is 2.09. The van der Waals surface area contributed by atoms with Gasteiger partial charge in [0.1, 0.15) is 5.82 Å². The first-order chi connectivity index (χ1) is 5.72. The molecule has 1 aromatic carbocycles. The van der Waals surface area contributed by atoms with Crippen molar-refractivity contribution in [2.45, 2.75) is 18.2 Å². The average molecular weight is 184 g/mol. The van der Waals surface area contributed by atoms with Gasteiger partial charge >= 0.3 is 0 Å². The Hall–Kier alpha value is -0.830. The van der Waals surface area contributed by atoms with Crippen LogP contribution < -0.4 is 0 Å². The summed E-state index contributed by atoms with van der Waals surface area (Å²) in [4.78, 5) is 11.7. The molecule has 0 radical (unpaired) electrons. The second-order valence-electron chi connectivity index (χ2n) is 2.28. The summed E-state index contributed by atoms with van der Waals surface area (Å²) in [7, 11) is 0. The molecule has 0 unspecified atom stereocenters. The third-order valence-corrected chi connectivity index (χ3v) is 2.36. The van der Waals surface area contributed by atoms with Gasteiger partial charge in [0.15, 0.2) is 5.12 Å². The molecular formula is C9H9FOS. The molecule has 0 aliphatic carbocycles. The molecule has 0 aliphatic rings. The van der Waals surface area contributed by atoms with Crippen molar-refractivity contribution in [3.8, 4) is 0 Å². The molecule has 64 valence electrons. The van der Waals surface area contributed by atoms with Gasteiger partial charge in [0, 0.05) is 11.3 Å². The van der Waals surface area contributed by atoms with Crippen LogP contribution in [-0.2, 0) is 4.79 Å². The summed E-state index contributed by atoms with van der Waals surface area (Å²) >= 11 is 1.15. The van der Waals surface area contributed by atoms with Crippen LogP contribution in [0.3, 0.4) is 0 Å². The number of rotatable bonds is 2. The predicted molar refractivity (Wildman–Crippen MR) is 47.6 cm³/mol. The number of hydrogen-bond acceptors (Lipinski definition) is 2. The molecule has 0 atom stereocenters. The van der Waals surface area contributed by atoms with E-state index in [1.807, 2.05) is 0 Å². The van der Waals surface area contributed by atoms with Gasteiger partial charge in [-0.15, -0.1) is 0 Å². The summed E-state index contributed by atoms with van der Waals surface area (Å²) in [5.74, 6) is -0.275. The molecule has 0 spiro atoms. The monoisotopic (exact) mass is 184 g/mol. The van der Waals surface area contributed by atoms with Crippen LogP contribution in [0.1, 0.15) is 13.3 Å². The van der Waals surface area contributed by atoms with E-state index in [1.165, 1.54) is 12.1 Å². The first-order valence-corrected chi connectivity index (χ1v) is 4.50. The molecule has 0 saturated heterocycles. The molecule has 0 amide bonds. The minimum absolute atomic E-state index is 0.0987. The normalized spacial score (nSPS) is 9.83. The van der Waals surface area contributed by atoms with Crippen molar-refractivity contribution in [2.75, 3.05) is 0 Å². The van der Waals surface area contributed by atoms with Gasteiger partial charge in [0.25, 0.3) is 0 Å². The quantitative estimate of drug-likeness (QED) is 0.657. The minimum atomic E-state index is -0.275. The van der Waals surface area contributed by atoms with E-state index in [9.17, 15) is 9.18 Å². The Balaban J connectivity index is 2.64. The van der Waals surface area contributed by atoms with Gasteiger partial charge in [-0.05, 0) is 24.3 Å². The van der Waals surface area contributed by atoms with Gasteiger partial charge < -0.3 is 0 Å². The standard InChI is InChI=1S/C9H9FOS/c1-2-9(11)12-8-5-3-7(10)4-6-8/h3-6H,2H2,1H3. The van der Waals surface area contributed by atoms with Gasteiger partial charge in [-0.25, -0.2) is 4.39 Å². The van der Waals surface area contributed by atoms with Crippen molar-refractivity contribution in [2.24, 2.45) is 0 Å². The molecule has 1 rings (SSSR count). The Morgan fingerprint density at radius 1 is 1.42 bits per heavy atom. The highest BCUT2D eigenvalue weighted by atomic mass is 32.2. The lowest BCUT2D eigenvalue weighted by Gasteiger charge is -1.96. The maximum absolute atomic E-state index is 12.4. The van der Waals surface area contributed by atoms with E-state index in [1.54, 1.807) is 19.1 Å². The molecular weight excluding hydrogens is 175 g/mol. The Bertz CT molecular complexity index is 268. The zero-order valence-corrected chi connectivity index (χ0v) is 7.53. The van der Waals surface area contributed by atoms with E-state index >= 15 is 0 Å². The van der Waals surface area contributed by atoms with Crippen molar-refractivity contribution in [1.82, 2.24) is 0 Å². The Morgan fingerprint density at radius 2 is 2.00 bits per heavy atom. The third-order valence-electron chi connectivity index (χ3n) is 1.33. The van der Waals surface area contributed by atoms with E-state index in [-0.39, 0.29) is 10.9 Å². The fourth-order valence-corrected chi connectivity index (χ4v) is 1.39. The molecule has 0 heterocycles.